The van der Waals surface area contributed by atoms with E-state index in [9.17, 15) is 4.79 Å². The maximum Gasteiger partial charge on any atom is 0.234 e. The number of rotatable bonds is 2. The normalized spacial score (nSPS) is 28.0. The van der Waals surface area contributed by atoms with E-state index in [4.69, 9.17) is 0 Å². The van der Waals surface area contributed by atoms with Gasteiger partial charge in [0.2, 0.25) is 5.91 Å². The van der Waals surface area contributed by atoms with E-state index in [2.05, 4.69) is 15.5 Å². The zero-order valence-corrected chi connectivity index (χ0v) is 9.81. The third kappa shape index (κ3) is 3.97. The van der Waals surface area contributed by atoms with Gasteiger partial charge in [-0.3, -0.25) is 9.69 Å². The highest BCUT2D eigenvalue weighted by Gasteiger charge is 2.20. The summed E-state index contributed by atoms with van der Waals surface area (Å²) in [6.07, 6.45) is 3.90. The predicted octanol–water partition coefficient (Wildman–Crippen LogP) is -0.0179. The third-order valence-corrected chi connectivity index (χ3v) is 3.01. The van der Waals surface area contributed by atoms with Crippen LogP contribution in [0.5, 0.6) is 0 Å². The third-order valence-electron chi connectivity index (χ3n) is 3.01. The van der Waals surface area contributed by atoms with Crippen LogP contribution >= 0.6 is 12.4 Å². The molecule has 0 spiro atoms. The molecule has 2 aliphatic heterocycles. The Morgan fingerprint density at radius 2 is 2.20 bits per heavy atom. The van der Waals surface area contributed by atoms with Crippen molar-refractivity contribution < 1.29 is 4.79 Å². The van der Waals surface area contributed by atoms with Gasteiger partial charge in [-0.25, -0.2) is 0 Å². The number of nitrogens with one attached hydrogen (secondary N) is 2. The van der Waals surface area contributed by atoms with Crippen molar-refractivity contribution in [3.8, 4) is 0 Å². The largest absolute Gasteiger partial charge is 0.354 e. The van der Waals surface area contributed by atoms with E-state index in [1.807, 2.05) is 0 Å². The van der Waals surface area contributed by atoms with E-state index in [1.165, 1.54) is 19.3 Å². The molecule has 1 unspecified atom stereocenters. The lowest BCUT2D eigenvalue weighted by Crippen LogP contribution is -2.52. The molecule has 2 saturated heterocycles. The lowest BCUT2D eigenvalue weighted by molar-refractivity contribution is -0.124. The second-order valence-electron chi connectivity index (χ2n) is 4.23. The number of halogens is 1. The molecule has 2 rings (SSSR count). The van der Waals surface area contributed by atoms with Crippen LogP contribution < -0.4 is 10.6 Å². The molecule has 88 valence electrons. The van der Waals surface area contributed by atoms with E-state index in [-0.39, 0.29) is 18.3 Å². The number of carbonyl (C=O) groups excluding carboxylic acids is 1. The Labute approximate surface area is 97.2 Å². The minimum atomic E-state index is 0. The van der Waals surface area contributed by atoms with Crippen molar-refractivity contribution in [2.75, 3.05) is 32.7 Å². The fourth-order valence-corrected chi connectivity index (χ4v) is 2.24. The van der Waals surface area contributed by atoms with Crippen molar-refractivity contribution in [1.29, 1.82) is 0 Å². The first-order valence-corrected chi connectivity index (χ1v) is 5.57. The second kappa shape index (κ2) is 6.30. The molecule has 0 radical (unpaired) electrons. The summed E-state index contributed by atoms with van der Waals surface area (Å²) in [5.41, 5.74) is 0. The molecule has 2 N–H and O–H groups in total. The van der Waals surface area contributed by atoms with Crippen molar-refractivity contribution in [2.24, 2.45) is 0 Å². The van der Waals surface area contributed by atoms with Gasteiger partial charge in [0.1, 0.15) is 0 Å². The van der Waals surface area contributed by atoms with E-state index in [0.29, 0.717) is 12.6 Å². The molecule has 2 fully saturated rings. The van der Waals surface area contributed by atoms with Crippen LogP contribution in [0.1, 0.15) is 19.3 Å². The van der Waals surface area contributed by atoms with E-state index < -0.39 is 0 Å². The SMILES string of the molecule is Cl.O=C1CN(CC2CCCCN2)CCN1. The summed E-state index contributed by atoms with van der Waals surface area (Å²) in [5, 5.41) is 6.36. The standard InChI is InChI=1S/C10H19N3O.ClH/c14-10-8-13(6-5-12-10)7-9-3-1-2-4-11-9;/h9,11H,1-8H2,(H,12,14);1H. The molecule has 0 aliphatic carbocycles. The van der Waals surface area contributed by atoms with Gasteiger partial charge in [0.25, 0.3) is 0 Å². The summed E-state index contributed by atoms with van der Waals surface area (Å²) in [5.74, 6) is 0.173. The van der Waals surface area contributed by atoms with Gasteiger partial charge in [-0.1, -0.05) is 6.42 Å². The van der Waals surface area contributed by atoms with Crippen LogP contribution in [0, 0.1) is 0 Å². The highest BCUT2D eigenvalue weighted by atomic mass is 35.5. The van der Waals surface area contributed by atoms with Crippen LogP contribution in [-0.2, 0) is 4.79 Å². The molecular weight excluding hydrogens is 214 g/mol. The molecule has 0 saturated carbocycles. The van der Waals surface area contributed by atoms with Crippen LogP contribution in [0.3, 0.4) is 0 Å². The maximum absolute atomic E-state index is 11.1. The predicted molar refractivity (Wildman–Crippen MR) is 62.3 cm³/mol. The molecule has 1 amide bonds. The number of amides is 1. The van der Waals surface area contributed by atoms with Crippen molar-refractivity contribution in [3.05, 3.63) is 0 Å². The molecule has 0 aromatic carbocycles. The lowest BCUT2D eigenvalue weighted by atomic mass is 10.0. The van der Waals surface area contributed by atoms with Crippen molar-refractivity contribution >= 4 is 18.3 Å². The summed E-state index contributed by atoms with van der Waals surface area (Å²) < 4.78 is 0. The van der Waals surface area contributed by atoms with Crippen LogP contribution in [-0.4, -0.2) is 49.6 Å². The lowest BCUT2D eigenvalue weighted by Gasteiger charge is -2.32. The molecule has 2 heterocycles. The van der Waals surface area contributed by atoms with Gasteiger partial charge in [-0.05, 0) is 19.4 Å². The van der Waals surface area contributed by atoms with Gasteiger partial charge in [0.05, 0.1) is 6.54 Å². The first kappa shape index (κ1) is 12.7. The zero-order valence-electron chi connectivity index (χ0n) is 9.00. The molecule has 0 bridgehead atoms. The Hall–Kier alpha value is -0.320. The highest BCUT2D eigenvalue weighted by molar-refractivity contribution is 5.85. The summed E-state index contributed by atoms with van der Waals surface area (Å²) in [6.45, 7) is 4.58. The molecule has 0 aromatic rings. The van der Waals surface area contributed by atoms with E-state index in [1.54, 1.807) is 0 Å². The molecule has 0 aromatic heterocycles. The van der Waals surface area contributed by atoms with Crippen molar-refractivity contribution in [2.45, 2.75) is 25.3 Å². The Morgan fingerprint density at radius 3 is 2.87 bits per heavy atom. The second-order valence-corrected chi connectivity index (χ2v) is 4.23. The molecule has 5 heteroatoms. The fraction of sp³-hybridized carbons (Fsp3) is 0.900. The van der Waals surface area contributed by atoms with Crippen LogP contribution in [0.4, 0.5) is 0 Å². The number of hydrogen-bond acceptors (Lipinski definition) is 3. The molecule has 2 aliphatic rings. The topological polar surface area (TPSA) is 44.4 Å². The molecule has 1 atom stereocenters. The van der Waals surface area contributed by atoms with E-state index >= 15 is 0 Å². The average molecular weight is 234 g/mol. The van der Waals surface area contributed by atoms with Crippen LogP contribution in [0.2, 0.25) is 0 Å². The molecule has 15 heavy (non-hydrogen) atoms. The smallest absolute Gasteiger partial charge is 0.234 e. The van der Waals surface area contributed by atoms with Gasteiger partial charge >= 0.3 is 0 Å². The summed E-state index contributed by atoms with van der Waals surface area (Å²) >= 11 is 0. The van der Waals surface area contributed by atoms with E-state index in [0.717, 1.165) is 26.2 Å². The Kier molecular flexibility index (Phi) is 5.36. The highest BCUT2D eigenvalue weighted by Crippen LogP contribution is 2.08. The Balaban J connectivity index is 0.00000112. The van der Waals surface area contributed by atoms with Gasteiger partial charge in [-0.15, -0.1) is 12.4 Å². The fourth-order valence-electron chi connectivity index (χ4n) is 2.24. The van der Waals surface area contributed by atoms with Crippen LogP contribution in [0.25, 0.3) is 0 Å². The number of nitrogens with zero attached hydrogens (tertiary/aromatic N) is 1. The quantitative estimate of drug-likeness (QED) is 0.705. The summed E-state index contributed by atoms with van der Waals surface area (Å²) in [4.78, 5) is 13.4. The van der Waals surface area contributed by atoms with Gasteiger partial charge in [0.15, 0.2) is 0 Å². The number of piperazine rings is 1. The average Bonchev–Trinajstić information content (AvgIpc) is 2.19. The van der Waals surface area contributed by atoms with Crippen molar-refractivity contribution in [3.63, 3.8) is 0 Å². The van der Waals surface area contributed by atoms with Gasteiger partial charge in [0, 0.05) is 25.7 Å². The van der Waals surface area contributed by atoms with Gasteiger partial charge < -0.3 is 10.6 Å². The first-order valence-electron chi connectivity index (χ1n) is 5.57. The number of carbonyl (C=O) groups is 1. The zero-order chi connectivity index (χ0) is 9.80. The minimum Gasteiger partial charge on any atom is -0.354 e. The monoisotopic (exact) mass is 233 g/mol. The van der Waals surface area contributed by atoms with Crippen LogP contribution in [0.15, 0.2) is 0 Å². The number of piperidine rings is 1. The Bertz CT molecular complexity index is 207. The van der Waals surface area contributed by atoms with Crippen molar-refractivity contribution in [1.82, 2.24) is 15.5 Å². The minimum absolute atomic E-state index is 0. The number of hydrogen-bond donors (Lipinski definition) is 2. The Morgan fingerprint density at radius 1 is 1.33 bits per heavy atom. The summed E-state index contributed by atoms with van der Waals surface area (Å²) in [7, 11) is 0. The molecular formula is C10H20ClN3O. The maximum atomic E-state index is 11.1. The summed E-state index contributed by atoms with van der Waals surface area (Å²) in [6, 6.07) is 0.606. The molecule has 4 nitrogen and oxygen atoms in total. The van der Waals surface area contributed by atoms with Gasteiger partial charge in [-0.2, -0.15) is 0 Å². The first-order chi connectivity index (χ1) is 6.84.